The third kappa shape index (κ3) is 2.02. The van der Waals surface area contributed by atoms with Crippen LogP contribution in [0.2, 0.25) is 5.02 Å². The second-order valence-electron chi connectivity index (χ2n) is 4.35. The summed E-state index contributed by atoms with van der Waals surface area (Å²) in [6, 6.07) is 13.0. The van der Waals surface area contributed by atoms with E-state index in [2.05, 4.69) is 10.3 Å². The van der Waals surface area contributed by atoms with Crippen LogP contribution in [-0.2, 0) is 4.79 Å². The van der Waals surface area contributed by atoms with Gasteiger partial charge in [-0.05, 0) is 36.8 Å². The Labute approximate surface area is 115 Å². The van der Waals surface area contributed by atoms with Gasteiger partial charge in [0.05, 0.1) is 11.4 Å². The zero-order valence-electron chi connectivity index (χ0n) is 10.3. The van der Waals surface area contributed by atoms with Crippen LogP contribution >= 0.6 is 11.6 Å². The lowest BCUT2D eigenvalue weighted by atomic mass is 10.1. The van der Waals surface area contributed by atoms with Gasteiger partial charge in [-0.2, -0.15) is 0 Å². The SMILES string of the molecule is Cc1c(Cl)ccc2c1NC(=O)C2=Nc1ccccc1. The van der Waals surface area contributed by atoms with Crippen molar-refractivity contribution >= 4 is 34.6 Å². The van der Waals surface area contributed by atoms with Gasteiger partial charge in [0, 0.05) is 10.6 Å². The second kappa shape index (κ2) is 4.52. The molecule has 0 spiro atoms. The van der Waals surface area contributed by atoms with Crippen molar-refractivity contribution in [2.45, 2.75) is 6.92 Å². The molecule has 0 fully saturated rings. The number of carbonyl (C=O) groups is 1. The normalized spacial score (nSPS) is 15.5. The molecule has 0 atom stereocenters. The van der Waals surface area contributed by atoms with Gasteiger partial charge in [-0.25, -0.2) is 4.99 Å². The van der Waals surface area contributed by atoms with E-state index in [-0.39, 0.29) is 5.91 Å². The highest BCUT2D eigenvalue weighted by Gasteiger charge is 2.27. The molecule has 0 radical (unpaired) electrons. The summed E-state index contributed by atoms with van der Waals surface area (Å²) < 4.78 is 0. The molecule has 1 amide bonds. The number of hydrogen-bond donors (Lipinski definition) is 1. The number of nitrogens with zero attached hydrogens (tertiary/aromatic N) is 1. The zero-order chi connectivity index (χ0) is 13.4. The molecule has 0 aromatic heterocycles. The van der Waals surface area contributed by atoms with Crippen LogP contribution in [0.5, 0.6) is 0 Å². The highest BCUT2D eigenvalue weighted by atomic mass is 35.5. The van der Waals surface area contributed by atoms with Gasteiger partial charge >= 0.3 is 0 Å². The molecule has 0 unspecified atom stereocenters. The fourth-order valence-corrected chi connectivity index (χ4v) is 2.24. The molecule has 0 aliphatic carbocycles. The van der Waals surface area contributed by atoms with Crippen LogP contribution < -0.4 is 5.32 Å². The van der Waals surface area contributed by atoms with E-state index in [1.165, 1.54) is 0 Å². The number of anilines is 1. The summed E-state index contributed by atoms with van der Waals surface area (Å²) >= 11 is 6.06. The van der Waals surface area contributed by atoms with Crippen LogP contribution in [0, 0.1) is 6.92 Å². The molecule has 19 heavy (non-hydrogen) atoms. The molecule has 1 aliphatic heterocycles. The molecule has 0 bridgehead atoms. The van der Waals surface area contributed by atoms with Crippen molar-refractivity contribution < 1.29 is 4.79 Å². The smallest absolute Gasteiger partial charge is 0.275 e. The van der Waals surface area contributed by atoms with E-state index < -0.39 is 0 Å². The predicted molar refractivity (Wildman–Crippen MR) is 77.5 cm³/mol. The molecule has 2 aromatic carbocycles. The van der Waals surface area contributed by atoms with Crippen LogP contribution in [0.25, 0.3) is 0 Å². The Hall–Kier alpha value is -2.13. The quantitative estimate of drug-likeness (QED) is 0.843. The van der Waals surface area contributed by atoms with Crippen molar-refractivity contribution in [1.82, 2.24) is 0 Å². The number of hydrogen-bond acceptors (Lipinski definition) is 2. The number of aliphatic imine (C=N–C) groups is 1. The number of halogens is 1. The van der Waals surface area contributed by atoms with Crippen LogP contribution in [-0.4, -0.2) is 11.6 Å². The van der Waals surface area contributed by atoms with Gasteiger partial charge in [0.15, 0.2) is 0 Å². The van der Waals surface area contributed by atoms with E-state index in [1.807, 2.05) is 43.3 Å². The molecular formula is C15H11ClN2O. The number of carbonyl (C=O) groups excluding carboxylic acids is 1. The summed E-state index contributed by atoms with van der Waals surface area (Å²) in [5, 5.41) is 3.46. The van der Waals surface area contributed by atoms with Crippen molar-refractivity contribution in [2.24, 2.45) is 4.99 Å². The first kappa shape index (κ1) is 11.9. The van der Waals surface area contributed by atoms with Crippen LogP contribution in [0.1, 0.15) is 11.1 Å². The number of amides is 1. The minimum absolute atomic E-state index is 0.191. The van der Waals surface area contributed by atoms with Gasteiger partial charge in [0.1, 0.15) is 5.71 Å². The lowest BCUT2D eigenvalue weighted by molar-refractivity contribution is -0.110. The van der Waals surface area contributed by atoms with Crippen molar-refractivity contribution in [1.29, 1.82) is 0 Å². The van der Waals surface area contributed by atoms with Crippen molar-refractivity contribution in [3.05, 3.63) is 58.6 Å². The Bertz CT molecular complexity index is 693. The van der Waals surface area contributed by atoms with E-state index in [0.717, 1.165) is 22.5 Å². The minimum atomic E-state index is -0.191. The fraction of sp³-hybridized carbons (Fsp3) is 0.0667. The standard InChI is InChI=1S/C15H11ClN2O/c1-9-12(16)8-7-11-13(9)18-15(19)14(11)17-10-5-3-2-4-6-10/h2-8H,1H3,(H,17,18,19). The highest BCUT2D eigenvalue weighted by Crippen LogP contribution is 2.32. The Morgan fingerprint density at radius 3 is 2.58 bits per heavy atom. The minimum Gasteiger partial charge on any atom is -0.320 e. The monoisotopic (exact) mass is 270 g/mol. The van der Waals surface area contributed by atoms with E-state index >= 15 is 0 Å². The molecule has 94 valence electrons. The largest absolute Gasteiger partial charge is 0.320 e. The molecule has 3 rings (SSSR count). The number of nitrogens with one attached hydrogen (secondary N) is 1. The number of para-hydroxylation sites is 1. The Kier molecular flexibility index (Phi) is 2.84. The van der Waals surface area contributed by atoms with Crippen molar-refractivity contribution in [3.63, 3.8) is 0 Å². The maximum atomic E-state index is 12.0. The van der Waals surface area contributed by atoms with Gasteiger partial charge in [0.2, 0.25) is 0 Å². The summed E-state index contributed by atoms with van der Waals surface area (Å²) in [4.78, 5) is 16.4. The van der Waals surface area contributed by atoms with Crippen LogP contribution in [0.3, 0.4) is 0 Å². The molecule has 2 aromatic rings. The summed E-state index contributed by atoms with van der Waals surface area (Å²) in [6.07, 6.45) is 0. The zero-order valence-corrected chi connectivity index (χ0v) is 11.0. The molecule has 3 nitrogen and oxygen atoms in total. The van der Waals surface area contributed by atoms with Gasteiger partial charge in [-0.15, -0.1) is 0 Å². The first-order valence-electron chi connectivity index (χ1n) is 5.91. The Morgan fingerprint density at radius 1 is 1.11 bits per heavy atom. The lowest BCUT2D eigenvalue weighted by Crippen LogP contribution is -2.13. The molecule has 1 heterocycles. The van der Waals surface area contributed by atoms with Crippen molar-refractivity contribution in [3.8, 4) is 0 Å². The first-order chi connectivity index (χ1) is 9.16. The van der Waals surface area contributed by atoms with Crippen molar-refractivity contribution in [2.75, 3.05) is 5.32 Å². The van der Waals surface area contributed by atoms with Gasteiger partial charge in [-0.3, -0.25) is 4.79 Å². The average molecular weight is 271 g/mol. The van der Waals surface area contributed by atoms with Gasteiger partial charge < -0.3 is 5.32 Å². The van der Waals surface area contributed by atoms with Crippen LogP contribution in [0.4, 0.5) is 11.4 Å². The maximum Gasteiger partial charge on any atom is 0.275 e. The molecule has 1 N–H and O–H groups in total. The number of benzene rings is 2. The predicted octanol–water partition coefficient (Wildman–Crippen LogP) is 3.72. The third-order valence-corrected chi connectivity index (χ3v) is 3.51. The summed E-state index contributed by atoms with van der Waals surface area (Å²) in [7, 11) is 0. The molecule has 0 saturated heterocycles. The molecule has 0 saturated carbocycles. The Morgan fingerprint density at radius 2 is 1.84 bits per heavy atom. The first-order valence-corrected chi connectivity index (χ1v) is 6.29. The molecule has 4 heteroatoms. The van der Waals surface area contributed by atoms with E-state index in [9.17, 15) is 4.79 Å². The second-order valence-corrected chi connectivity index (χ2v) is 4.75. The fourth-order valence-electron chi connectivity index (χ4n) is 2.08. The van der Waals surface area contributed by atoms with E-state index in [1.54, 1.807) is 6.07 Å². The maximum absolute atomic E-state index is 12.0. The number of rotatable bonds is 1. The third-order valence-electron chi connectivity index (χ3n) is 3.10. The van der Waals surface area contributed by atoms with E-state index in [4.69, 9.17) is 11.6 Å². The Balaban J connectivity index is 2.14. The summed E-state index contributed by atoms with van der Waals surface area (Å²) in [6.45, 7) is 1.88. The summed E-state index contributed by atoms with van der Waals surface area (Å²) in [5.41, 5.74) is 3.61. The highest BCUT2D eigenvalue weighted by molar-refractivity contribution is 6.54. The molecular weight excluding hydrogens is 260 g/mol. The summed E-state index contributed by atoms with van der Waals surface area (Å²) in [5.74, 6) is -0.191. The van der Waals surface area contributed by atoms with Crippen LogP contribution in [0.15, 0.2) is 47.5 Å². The number of fused-ring (bicyclic) bond motifs is 1. The average Bonchev–Trinajstić information content (AvgIpc) is 2.73. The van der Waals surface area contributed by atoms with Gasteiger partial charge in [-0.1, -0.05) is 29.8 Å². The van der Waals surface area contributed by atoms with Gasteiger partial charge in [0.25, 0.3) is 5.91 Å². The topological polar surface area (TPSA) is 41.5 Å². The lowest BCUT2D eigenvalue weighted by Gasteiger charge is -2.04. The molecule has 1 aliphatic rings. The van der Waals surface area contributed by atoms with E-state index in [0.29, 0.717) is 10.7 Å².